The van der Waals surface area contributed by atoms with Crippen LogP contribution in [0.25, 0.3) is 5.69 Å². The Morgan fingerprint density at radius 2 is 1.59 bits per heavy atom. The van der Waals surface area contributed by atoms with Gasteiger partial charge in [-0.3, -0.25) is 9.10 Å². The molecule has 0 spiro atoms. The molecule has 0 radical (unpaired) electrons. The van der Waals surface area contributed by atoms with Gasteiger partial charge in [0.2, 0.25) is 10.0 Å². The minimum Gasteiger partial charge on any atom is -0.457 e. The third-order valence-electron chi connectivity index (χ3n) is 6.10. The molecular weight excluding hydrogens is 557 g/mol. The van der Waals surface area contributed by atoms with Crippen LogP contribution in [0.15, 0.2) is 90.0 Å². The van der Waals surface area contributed by atoms with Gasteiger partial charge in [-0.05, 0) is 68.4 Å². The molecule has 4 rings (SSSR count). The van der Waals surface area contributed by atoms with Crippen molar-refractivity contribution in [2.24, 2.45) is 5.10 Å². The number of aryl methyl sites for hydroxylation is 1. The van der Waals surface area contributed by atoms with Crippen LogP contribution in [-0.2, 0) is 21.0 Å². The van der Waals surface area contributed by atoms with E-state index in [2.05, 4.69) is 10.5 Å². The molecule has 0 atom stereocenters. The monoisotopic (exact) mass is 584 g/mol. The average Bonchev–Trinajstić information content (AvgIpc) is 3.19. The van der Waals surface area contributed by atoms with E-state index in [1.165, 1.54) is 41.1 Å². The molecule has 0 fully saturated rings. The number of amides is 1. The maximum absolute atomic E-state index is 13.6. The van der Waals surface area contributed by atoms with Crippen LogP contribution in [0.5, 0.6) is 11.5 Å². The zero-order valence-electron chi connectivity index (χ0n) is 22.4. The van der Waals surface area contributed by atoms with Gasteiger partial charge >= 0.3 is 6.18 Å². The minimum absolute atomic E-state index is 0.0253. The number of sulfonamides is 1. The van der Waals surface area contributed by atoms with Crippen LogP contribution < -0.4 is 14.5 Å². The average molecular weight is 585 g/mol. The summed E-state index contributed by atoms with van der Waals surface area (Å²) in [6, 6.07) is 22.1. The Kier molecular flexibility index (Phi) is 8.52. The fraction of sp³-hybridized carbons (Fsp3) is 0.172. The number of aromatic nitrogens is 1. The van der Waals surface area contributed by atoms with Gasteiger partial charge in [0, 0.05) is 17.0 Å². The molecule has 4 aromatic rings. The first-order valence-corrected chi connectivity index (χ1v) is 14.2. The van der Waals surface area contributed by atoms with Gasteiger partial charge < -0.3 is 9.30 Å². The predicted molar refractivity (Wildman–Crippen MR) is 151 cm³/mol. The molecule has 12 heteroatoms. The third-order valence-corrected chi connectivity index (χ3v) is 7.25. The summed E-state index contributed by atoms with van der Waals surface area (Å²) in [6.45, 7) is 2.75. The Morgan fingerprint density at radius 1 is 0.976 bits per heavy atom. The van der Waals surface area contributed by atoms with Crippen molar-refractivity contribution in [1.29, 1.82) is 0 Å². The number of nitrogens with one attached hydrogen (secondary N) is 1. The number of hydrogen-bond donors (Lipinski definition) is 1. The van der Waals surface area contributed by atoms with Crippen molar-refractivity contribution < 1.29 is 31.1 Å². The number of ether oxygens (including phenoxy) is 1. The highest BCUT2D eigenvalue weighted by Crippen LogP contribution is 2.35. The van der Waals surface area contributed by atoms with Gasteiger partial charge in [-0.15, -0.1) is 0 Å². The zero-order valence-corrected chi connectivity index (χ0v) is 23.2. The topological polar surface area (TPSA) is 93.0 Å². The maximum Gasteiger partial charge on any atom is 0.418 e. The van der Waals surface area contributed by atoms with Gasteiger partial charge in [-0.1, -0.05) is 30.3 Å². The fourth-order valence-electron chi connectivity index (χ4n) is 4.24. The van der Waals surface area contributed by atoms with Crippen molar-refractivity contribution in [3.05, 3.63) is 107 Å². The number of para-hydroxylation sites is 2. The summed E-state index contributed by atoms with van der Waals surface area (Å²) in [5.41, 5.74) is 3.23. The summed E-state index contributed by atoms with van der Waals surface area (Å²) in [7, 11) is -3.83. The van der Waals surface area contributed by atoms with Crippen molar-refractivity contribution in [1.82, 2.24) is 9.99 Å². The quantitative estimate of drug-likeness (QED) is 0.198. The van der Waals surface area contributed by atoms with E-state index in [-0.39, 0.29) is 11.4 Å². The number of nitrogens with zero attached hydrogens (tertiary/aromatic N) is 3. The first-order valence-electron chi connectivity index (χ1n) is 12.3. The van der Waals surface area contributed by atoms with Crippen LogP contribution in [0.4, 0.5) is 18.9 Å². The molecule has 0 aliphatic carbocycles. The van der Waals surface area contributed by atoms with E-state index in [1.807, 2.05) is 18.2 Å². The number of anilines is 1. The first-order chi connectivity index (χ1) is 19.3. The molecule has 41 heavy (non-hydrogen) atoms. The van der Waals surface area contributed by atoms with E-state index in [0.717, 1.165) is 16.6 Å². The van der Waals surface area contributed by atoms with Crippen molar-refractivity contribution in [2.45, 2.75) is 20.0 Å². The van der Waals surface area contributed by atoms with E-state index >= 15 is 0 Å². The minimum atomic E-state index is -4.54. The summed E-state index contributed by atoms with van der Waals surface area (Å²) in [5.74, 6) is 0.383. The third kappa shape index (κ3) is 7.14. The highest BCUT2D eigenvalue weighted by atomic mass is 32.2. The number of carbonyl (C=O) groups excluding carboxylic acids is 1. The molecule has 0 bridgehead atoms. The number of alkyl halides is 3. The number of hydrazone groups is 1. The van der Waals surface area contributed by atoms with E-state index in [0.29, 0.717) is 28.5 Å². The lowest BCUT2D eigenvalue weighted by atomic mass is 10.1. The Bertz CT molecular complexity index is 1670. The second kappa shape index (κ2) is 11.9. The summed E-state index contributed by atoms with van der Waals surface area (Å²) >= 11 is 0. The molecule has 0 unspecified atom stereocenters. The molecule has 214 valence electrons. The van der Waals surface area contributed by atoms with Crippen LogP contribution >= 0.6 is 0 Å². The number of hydrogen-bond acceptors (Lipinski definition) is 5. The van der Waals surface area contributed by atoms with Crippen LogP contribution in [0.2, 0.25) is 0 Å². The smallest absolute Gasteiger partial charge is 0.418 e. The van der Waals surface area contributed by atoms with Crippen molar-refractivity contribution in [2.75, 3.05) is 17.1 Å². The number of carbonyl (C=O) groups is 1. The van der Waals surface area contributed by atoms with Crippen molar-refractivity contribution in [3.8, 4) is 17.2 Å². The van der Waals surface area contributed by atoms with Crippen LogP contribution in [0.3, 0.4) is 0 Å². The normalized spacial score (nSPS) is 12.0. The Balaban J connectivity index is 1.47. The second-order valence-electron chi connectivity index (χ2n) is 9.15. The van der Waals surface area contributed by atoms with Crippen LogP contribution in [0.1, 0.15) is 22.5 Å². The largest absolute Gasteiger partial charge is 0.457 e. The van der Waals surface area contributed by atoms with E-state index in [9.17, 15) is 26.4 Å². The number of benzene rings is 3. The molecule has 0 aliphatic heterocycles. The molecule has 8 nitrogen and oxygen atoms in total. The van der Waals surface area contributed by atoms with Gasteiger partial charge in [0.05, 0.1) is 29.4 Å². The Hall–Kier alpha value is -4.58. The lowest BCUT2D eigenvalue weighted by molar-refractivity contribution is -0.137. The van der Waals surface area contributed by atoms with Gasteiger partial charge in [0.25, 0.3) is 5.91 Å². The molecule has 1 amide bonds. The molecule has 1 heterocycles. The SMILES string of the molecule is Cc1cc(/C=N\NC(=O)CN(c2ccc(Oc3ccccc3)cc2)S(C)(=O)=O)c(C)n1-c1ccccc1C(F)(F)F. The lowest BCUT2D eigenvalue weighted by Gasteiger charge is -2.21. The molecule has 0 saturated carbocycles. The van der Waals surface area contributed by atoms with Crippen LogP contribution in [-0.4, -0.2) is 37.9 Å². The van der Waals surface area contributed by atoms with Gasteiger partial charge in [-0.2, -0.15) is 18.3 Å². The zero-order chi connectivity index (χ0) is 29.8. The highest BCUT2D eigenvalue weighted by molar-refractivity contribution is 7.92. The Morgan fingerprint density at radius 3 is 2.22 bits per heavy atom. The summed E-state index contributed by atoms with van der Waals surface area (Å²) in [4.78, 5) is 12.6. The Labute approximate surface area is 235 Å². The molecule has 0 saturated heterocycles. The summed E-state index contributed by atoms with van der Waals surface area (Å²) in [5, 5.41) is 3.91. The second-order valence-corrected chi connectivity index (χ2v) is 11.1. The number of rotatable bonds is 9. The fourth-order valence-corrected chi connectivity index (χ4v) is 5.10. The standard InChI is InChI=1S/C29H27F3N4O4S/c1-20-17-22(21(2)36(20)27-12-8-7-11-26(27)29(30,31)32)18-33-34-28(37)19-35(41(3,38)39)23-13-15-25(16-14-23)40-24-9-5-4-6-10-24/h4-18H,19H2,1-3H3,(H,34,37)/b33-18-. The van der Waals surface area contributed by atoms with E-state index < -0.39 is 34.2 Å². The summed E-state index contributed by atoms with van der Waals surface area (Å²) < 4.78 is 73.7. The highest BCUT2D eigenvalue weighted by Gasteiger charge is 2.34. The van der Waals surface area contributed by atoms with E-state index in [4.69, 9.17) is 4.74 Å². The number of halogens is 3. The lowest BCUT2D eigenvalue weighted by Crippen LogP contribution is -2.39. The molecule has 0 aliphatic rings. The van der Waals surface area contributed by atoms with Crippen molar-refractivity contribution >= 4 is 27.8 Å². The summed E-state index contributed by atoms with van der Waals surface area (Å²) in [6.07, 6.45) is -2.26. The molecular formula is C29H27F3N4O4S. The predicted octanol–water partition coefficient (Wildman–Crippen LogP) is 5.82. The maximum atomic E-state index is 13.6. The van der Waals surface area contributed by atoms with Gasteiger partial charge in [-0.25, -0.2) is 13.8 Å². The van der Waals surface area contributed by atoms with Crippen LogP contribution in [0, 0.1) is 13.8 Å². The molecule has 1 aromatic heterocycles. The van der Waals surface area contributed by atoms with Crippen molar-refractivity contribution in [3.63, 3.8) is 0 Å². The van der Waals surface area contributed by atoms with E-state index in [1.54, 1.807) is 44.2 Å². The van der Waals surface area contributed by atoms with Gasteiger partial charge in [0.15, 0.2) is 0 Å². The molecule has 1 N–H and O–H groups in total. The first kappa shape index (κ1) is 29.4. The van der Waals surface area contributed by atoms with Gasteiger partial charge in [0.1, 0.15) is 18.0 Å². The molecule has 3 aromatic carbocycles.